The van der Waals surface area contributed by atoms with Gasteiger partial charge in [-0.2, -0.15) is 0 Å². The molecule has 1 aliphatic carbocycles. The summed E-state index contributed by atoms with van der Waals surface area (Å²) in [6.45, 7) is 22.8. The molecule has 2 aromatic heterocycles. The van der Waals surface area contributed by atoms with E-state index in [1.54, 1.807) is 14.0 Å². The molecule has 0 bridgehead atoms. The highest BCUT2D eigenvalue weighted by molar-refractivity contribution is 7.84. The van der Waals surface area contributed by atoms with Crippen LogP contribution >= 0.6 is 0 Å². The predicted molar refractivity (Wildman–Crippen MR) is 231 cm³/mol. The summed E-state index contributed by atoms with van der Waals surface area (Å²) in [6, 6.07) is 7.72. The molecule has 3 N–H and O–H groups in total. The van der Waals surface area contributed by atoms with Gasteiger partial charge in [0.15, 0.2) is 0 Å². The van der Waals surface area contributed by atoms with E-state index in [0.717, 1.165) is 71.3 Å². The third-order valence-electron chi connectivity index (χ3n) is 11.2. The average Bonchev–Trinajstić information content (AvgIpc) is 4.00. The van der Waals surface area contributed by atoms with Gasteiger partial charge in [-0.1, -0.05) is 13.8 Å². The summed E-state index contributed by atoms with van der Waals surface area (Å²) >= 11 is 0. The van der Waals surface area contributed by atoms with Gasteiger partial charge in [0, 0.05) is 80.7 Å². The Kier molecular flexibility index (Phi) is 15.4. The van der Waals surface area contributed by atoms with Gasteiger partial charge in [0.25, 0.3) is 0 Å². The van der Waals surface area contributed by atoms with Crippen LogP contribution in [0.3, 0.4) is 0 Å². The molecule has 1 saturated heterocycles. The van der Waals surface area contributed by atoms with Crippen LogP contribution in [0.1, 0.15) is 105 Å². The van der Waals surface area contributed by atoms with Crippen LogP contribution in [0.5, 0.6) is 5.75 Å². The van der Waals surface area contributed by atoms with Gasteiger partial charge in [0.1, 0.15) is 11.8 Å². The number of esters is 2. The summed E-state index contributed by atoms with van der Waals surface area (Å²) < 4.78 is 41.1. The van der Waals surface area contributed by atoms with Crippen molar-refractivity contribution in [2.75, 3.05) is 58.0 Å². The first-order chi connectivity index (χ1) is 27.5. The highest BCUT2D eigenvalue weighted by atomic mass is 32.2. The highest BCUT2D eigenvalue weighted by Crippen LogP contribution is 2.43. The lowest BCUT2D eigenvalue weighted by Gasteiger charge is -2.36. The number of aryl methyl sites for hydroxylation is 1. The first kappa shape index (κ1) is 45.5. The van der Waals surface area contributed by atoms with Crippen molar-refractivity contribution in [2.24, 2.45) is 11.1 Å². The molecule has 1 saturated carbocycles. The van der Waals surface area contributed by atoms with Gasteiger partial charge in [0.05, 0.1) is 64.9 Å². The number of nitrogens with zero attached hydrogens (tertiary/aromatic N) is 4. The molecule has 5 rings (SSSR count). The molecule has 0 spiro atoms. The molecule has 0 amide bonds. The molecule has 322 valence electrons. The van der Waals surface area contributed by atoms with Crippen LogP contribution in [-0.2, 0) is 47.8 Å². The second-order valence-electron chi connectivity index (χ2n) is 17.5. The predicted octanol–water partition coefficient (Wildman–Crippen LogP) is 6.32. The number of pyridine rings is 1. The average molecular weight is 825 g/mol. The smallest absolute Gasteiger partial charge is 0.324 e. The number of anilines is 1. The molecule has 2 unspecified atom stereocenters. The van der Waals surface area contributed by atoms with E-state index in [0.29, 0.717) is 38.2 Å². The number of carbonyl (C=O) groups excluding carboxylic acids is 2. The van der Waals surface area contributed by atoms with Gasteiger partial charge >= 0.3 is 11.9 Å². The number of rotatable bonds is 20. The minimum atomic E-state index is -1.43. The molecule has 14 heteroatoms. The van der Waals surface area contributed by atoms with Crippen molar-refractivity contribution in [1.29, 1.82) is 0 Å². The molecule has 2 aliphatic rings. The van der Waals surface area contributed by atoms with E-state index < -0.39 is 39.2 Å². The molecule has 58 heavy (non-hydrogen) atoms. The number of fused-ring (bicyclic) bond motifs is 1. The van der Waals surface area contributed by atoms with E-state index in [4.69, 9.17) is 29.7 Å². The third kappa shape index (κ3) is 11.4. The molecule has 3 heterocycles. The normalized spacial score (nSPS) is 17.5. The first-order valence-electron chi connectivity index (χ1n) is 21.0. The molecule has 0 radical (unpaired) electrons. The summed E-state index contributed by atoms with van der Waals surface area (Å²) in [5.74, 6) is -0.132. The van der Waals surface area contributed by atoms with Crippen LogP contribution in [0.25, 0.3) is 22.2 Å². The fourth-order valence-electron chi connectivity index (χ4n) is 7.70. The summed E-state index contributed by atoms with van der Waals surface area (Å²) in [6.07, 6.45) is 6.00. The van der Waals surface area contributed by atoms with Gasteiger partial charge in [-0.25, -0.2) is 8.93 Å². The Morgan fingerprint density at radius 2 is 1.76 bits per heavy atom. The Balaban J connectivity index is 1.50. The van der Waals surface area contributed by atoms with Crippen molar-refractivity contribution < 1.29 is 32.7 Å². The number of benzene rings is 1. The van der Waals surface area contributed by atoms with E-state index >= 15 is 0 Å². The number of aromatic nitrogens is 2. The molecule has 1 aromatic carbocycles. The first-order valence-corrected chi connectivity index (χ1v) is 22.2. The van der Waals surface area contributed by atoms with E-state index in [9.17, 15) is 13.8 Å². The molecular formula is C44H68N6O7S. The topological polar surface area (TPSA) is 150 Å². The van der Waals surface area contributed by atoms with Crippen molar-refractivity contribution >= 4 is 39.5 Å². The van der Waals surface area contributed by atoms with Gasteiger partial charge in [-0.05, 0) is 103 Å². The van der Waals surface area contributed by atoms with E-state index in [-0.39, 0.29) is 25.3 Å². The fraction of sp³-hybridized carbons (Fsp3) is 0.659. The number of carbonyl (C=O) groups is 2. The lowest BCUT2D eigenvalue weighted by molar-refractivity contribution is -0.145. The molecule has 1 aliphatic heterocycles. The van der Waals surface area contributed by atoms with Gasteiger partial charge < -0.3 is 34.1 Å². The van der Waals surface area contributed by atoms with E-state index in [1.165, 1.54) is 19.8 Å². The summed E-state index contributed by atoms with van der Waals surface area (Å²) in [5.41, 5.74) is 12.2. The van der Waals surface area contributed by atoms with Crippen LogP contribution in [0.4, 0.5) is 5.69 Å². The van der Waals surface area contributed by atoms with Crippen LogP contribution < -0.4 is 20.1 Å². The van der Waals surface area contributed by atoms with Crippen LogP contribution in [0, 0.1) is 5.41 Å². The Labute approximate surface area is 348 Å². The second kappa shape index (κ2) is 19.7. The third-order valence-corrected chi connectivity index (χ3v) is 12.8. The maximum Gasteiger partial charge on any atom is 0.324 e. The van der Waals surface area contributed by atoms with Crippen molar-refractivity contribution in [2.45, 2.75) is 130 Å². The zero-order valence-corrected chi connectivity index (χ0v) is 37.3. The number of nitrogens with one attached hydrogen (secondary N) is 1. The number of nitrogens with two attached hydrogens (primary N) is 1. The minimum absolute atomic E-state index is 0.212. The summed E-state index contributed by atoms with van der Waals surface area (Å²) in [5, 5.41) is 1.05. The monoisotopic (exact) mass is 824 g/mol. The summed E-state index contributed by atoms with van der Waals surface area (Å²) in [4.78, 5) is 34.8. The van der Waals surface area contributed by atoms with Gasteiger partial charge in [-0.3, -0.25) is 19.5 Å². The maximum atomic E-state index is 13.0. The lowest BCUT2D eigenvalue weighted by Crippen LogP contribution is -2.53. The van der Waals surface area contributed by atoms with Crippen molar-refractivity contribution in [1.82, 2.24) is 19.2 Å². The fourth-order valence-corrected chi connectivity index (χ4v) is 8.60. The van der Waals surface area contributed by atoms with Gasteiger partial charge in [-0.15, -0.1) is 0 Å². The number of ether oxygens (including phenoxy) is 4. The molecule has 13 nitrogen and oxygen atoms in total. The van der Waals surface area contributed by atoms with Crippen molar-refractivity contribution in [3.63, 3.8) is 0 Å². The van der Waals surface area contributed by atoms with Crippen LogP contribution in [0.15, 0.2) is 30.5 Å². The number of methoxy groups -OCH3 is 1. The minimum Gasteiger partial charge on any atom is -0.494 e. The molecule has 3 aromatic rings. The standard InChI is InChI=1S/C44H68N6O7S/c1-11-50-38-18-17-33(56-23-13-14-37(39(45)42(52)55-12-2)47-58(53)43(5,6)7)25-34(38)36(26-44(8,9)28-57-30(4)51)41(50)35-24-32(27-46-40(35)29(3)54-10)49-21-19-48(20-22-49)31-15-16-31/h17-18,24-25,27,29,31,37,39,47H,11-16,19-23,26,28,45H2,1-10H3/t29-,37+,39?,58?/m0/s1. The Morgan fingerprint density at radius 3 is 2.36 bits per heavy atom. The SMILES string of the molecule is CCOC(=O)C(N)[C@@H](CCCOc1ccc2c(c1)c(CC(C)(C)COC(C)=O)c(-c1cc(N3CCN(C4CC4)CC3)cnc1[C@H](C)OC)n2CC)NS(=O)C(C)(C)C. The largest absolute Gasteiger partial charge is 0.494 e. The Hall–Kier alpha value is -3.56. The number of piperazine rings is 1. The van der Waals surface area contributed by atoms with E-state index in [1.807, 2.05) is 40.0 Å². The molecular weight excluding hydrogens is 757 g/mol. The van der Waals surface area contributed by atoms with Gasteiger partial charge in [0.2, 0.25) is 0 Å². The van der Waals surface area contributed by atoms with Crippen molar-refractivity contribution in [3.8, 4) is 17.0 Å². The van der Waals surface area contributed by atoms with Crippen LogP contribution in [-0.4, -0.2) is 107 Å². The van der Waals surface area contributed by atoms with Crippen molar-refractivity contribution in [3.05, 3.63) is 41.7 Å². The van der Waals surface area contributed by atoms with E-state index in [2.05, 4.69) is 58.1 Å². The maximum absolute atomic E-state index is 13.0. The highest BCUT2D eigenvalue weighted by Gasteiger charge is 2.34. The zero-order chi connectivity index (χ0) is 42.4. The lowest BCUT2D eigenvalue weighted by atomic mass is 9.84. The number of hydrogen-bond acceptors (Lipinski definition) is 11. The molecule has 2 fully saturated rings. The second-order valence-corrected chi connectivity index (χ2v) is 19.5. The van der Waals surface area contributed by atoms with Crippen LogP contribution in [0.2, 0.25) is 0 Å². The summed E-state index contributed by atoms with van der Waals surface area (Å²) in [7, 11) is 0.285. The Morgan fingerprint density at radius 1 is 1.05 bits per heavy atom. The zero-order valence-electron chi connectivity index (χ0n) is 36.5. The molecule has 4 atom stereocenters. The number of hydrogen-bond donors (Lipinski definition) is 2. The Bertz CT molecular complexity index is 1900. The quantitative estimate of drug-likeness (QED) is 0.0974.